The quantitative estimate of drug-likeness (QED) is 0.0423. The summed E-state index contributed by atoms with van der Waals surface area (Å²) in [7, 11) is 1.33. The fourth-order valence-corrected chi connectivity index (χ4v) is 20.6. The van der Waals surface area contributed by atoms with Gasteiger partial charge in [-0.2, -0.15) is 0 Å². The van der Waals surface area contributed by atoms with Crippen molar-refractivity contribution in [1.29, 1.82) is 0 Å². The maximum atomic E-state index is 6.15. The molecule has 14 aromatic rings. The Morgan fingerprint density at radius 1 is 0.397 bits per heavy atom. The molecule has 2 aliphatic carbocycles. The van der Waals surface area contributed by atoms with Gasteiger partial charge in [-0.1, -0.05) is 270 Å². The number of halogens is 1. The molecule has 131 heavy (non-hydrogen) atoms. The Bertz CT molecular complexity index is 5440. The molecule has 0 unspecified atom stereocenters. The molecule has 0 atom stereocenters. The first-order valence-corrected chi connectivity index (χ1v) is 48.5. The molecular weight excluding hydrogens is 2220 g/mol. The van der Waals surface area contributed by atoms with E-state index in [4.69, 9.17) is 14.0 Å². The van der Waals surface area contributed by atoms with Crippen LogP contribution in [0.5, 0.6) is 5.75 Å². The molecule has 3 aliphatic rings. The number of rotatable bonds is 20. The van der Waals surface area contributed by atoms with Crippen LogP contribution < -0.4 is 15.5 Å². The second-order valence-electron chi connectivity index (χ2n) is 36.5. The molecule has 1 saturated heterocycles. The molecular formula is C117H131BBrIr3N5O3P-5. The van der Waals surface area contributed by atoms with Crippen LogP contribution >= 0.6 is 23.9 Å². The second kappa shape index (κ2) is 55.3. The summed E-state index contributed by atoms with van der Waals surface area (Å²) in [5.74, 6) is 3.66. The molecule has 689 valence electrons. The topological polar surface area (TPSA) is 92.1 Å². The van der Waals surface area contributed by atoms with Crippen LogP contribution in [-0.4, -0.2) is 61.7 Å². The molecule has 6 heterocycles. The van der Waals surface area contributed by atoms with Crippen LogP contribution in [0.3, 0.4) is 0 Å². The van der Waals surface area contributed by atoms with Crippen LogP contribution in [0, 0.1) is 74.8 Å². The maximum absolute atomic E-state index is 6.15. The monoisotopic (exact) mass is 2350 g/mol. The van der Waals surface area contributed by atoms with Crippen molar-refractivity contribution < 1.29 is 74.4 Å². The summed E-state index contributed by atoms with van der Waals surface area (Å²) in [4.78, 5) is 22.6. The first-order chi connectivity index (χ1) is 61.8. The van der Waals surface area contributed by atoms with E-state index < -0.39 is 0 Å². The average Bonchev–Trinajstić information content (AvgIpc) is 1.34. The number of hydrogen-bond acceptors (Lipinski definition) is 8. The van der Waals surface area contributed by atoms with Crippen molar-refractivity contribution in [2.45, 2.75) is 216 Å². The molecule has 1 aliphatic heterocycles. The van der Waals surface area contributed by atoms with Crippen molar-refractivity contribution in [2.24, 2.45) is 23.7 Å². The molecule has 17 rings (SSSR count). The largest absolute Gasteiger partial charge is 0.496 e. The zero-order valence-corrected chi connectivity index (χ0v) is 89.2. The number of methoxy groups -OCH3 is 1. The zero-order valence-electron chi connectivity index (χ0n) is 79.5. The zero-order chi connectivity index (χ0) is 90.8. The van der Waals surface area contributed by atoms with Gasteiger partial charge in [-0.15, -0.1) is 178 Å². The average molecular weight is 2350 g/mol. The summed E-state index contributed by atoms with van der Waals surface area (Å²) >= 11 is 3.31. The van der Waals surface area contributed by atoms with Crippen molar-refractivity contribution in [2.75, 3.05) is 7.11 Å². The Balaban J connectivity index is 0.000000193. The number of benzene rings is 9. The molecule has 0 amide bonds. The van der Waals surface area contributed by atoms with Crippen molar-refractivity contribution >= 4 is 41.7 Å². The van der Waals surface area contributed by atoms with Crippen LogP contribution in [0.25, 0.3) is 78.5 Å². The molecule has 8 nitrogen and oxygen atoms in total. The van der Waals surface area contributed by atoms with E-state index in [0.717, 1.165) is 115 Å². The Labute approximate surface area is 836 Å². The molecule has 9 aromatic carbocycles. The van der Waals surface area contributed by atoms with Crippen LogP contribution in [0.1, 0.15) is 186 Å². The molecule has 5 aromatic heterocycles. The minimum Gasteiger partial charge on any atom is -0.496 e. The number of pyridine rings is 5. The van der Waals surface area contributed by atoms with E-state index in [1.165, 1.54) is 120 Å². The minimum atomic E-state index is -0.362. The van der Waals surface area contributed by atoms with E-state index in [9.17, 15) is 0 Å². The van der Waals surface area contributed by atoms with Gasteiger partial charge in [0.1, 0.15) is 5.75 Å². The normalized spacial score (nSPS) is 13.6. The van der Waals surface area contributed by atoms with E-state index in [2.05, 4.69) is 308 Å². The number of hydrogen-bond donors (Lipinski definition) is 0. The third-order valence-corrected chi connectivity index (χ3v) is 27.4. The van der Waals surface area contributed by atoms with E-state index in [1.807, 2.05) is 172 Å². The van der Waals surface area contributed by atoms with Gasteiger partial charge in [-0.05, 0) is 225 Å². The number of aromatic nitrogens is 5. The van der Waals surface area contributed by atoms with Crippen LogP contribution in [0.2, 0.25) is 0 Å². The number of aryl methyl sites for hydroxylation is 3. The molecule has 0 spiro atoms. The molecule has 0 N–H and O–H groups in total. The van der Waals surface area contributed by atoms with Gasteiger partial charge in [0.25, 0.3) is 0 Å². The molecule has 2 saturated carbocycles. The second-order valence-corrected chi connectivity index (χ2v) is 40.2. The van der Waals surface area contributed by atoms with Crippen molar-refractivity contribution in [3.8, 4) is 84.3 Å². The van der Waals surface area contributed by atoms with Gasteiger partial charge in [0.2, 0.25) is 0 Å². The summed E-state index contributed by atoms with van der Waals surface area (Å²) in [6.45, 7) is 32.4. The molecule has 3 fully saturated rings. The fraction of sp³-hybridized carbons (Fsp3) is 0.325. The minimum absolute atomic E-state index is 0. The summed E-state index contributed by atoms with van der Waals surface area (Å²) in [5.41, 5.74) is 26.2. The van der Waals surface area contributed by atoms with Crippen molar-refractivity contribution in [1.82, 2.24) is 24.9 Å². The van der Waals surface area contributed by atoms with Gasteiger partial charge in [0.05, 0.1) is 18.3 Å². The van der Waals surface area contributed by atoms with Gasteiger partial charge in [-0.3, -0.25) is 0 Å². The third kappa shape index (κ3) is 34.1. The Morgan fingerprint density at radius 2 is 0.809 bits per heavy atom. The van der Waals surface area contributed by atoms with Crippen LogP contribution in [0.15, 0.2) is 302 Å². The van der Waals surface area contributed by atoms with E-state index in [0.29, 0.717) is 23.7 Å². The smallest absolute Gasteiger partial charge is 0.475 e. The van der Waals surface area contributed by atoms with Gasteiger partial charge in [0.15, 0.2) is 0 Å². The van der Waals surface area contributed by atoms with E-state index >= 15 is 0 Å². The van der Waals surface area contributed by atoms with Gasteiger partial charge < -0.3 is 39.0 Å². The predicted molar refractivity (Wildman–Crippen MR) is 545 cm³/mol. The Kier molecular flexibility index (Phi) is 45.4. The standard InChI is InChI=1S/C26H35OP.C21H27BNO2.C21H20N.2C15H16N.C13H12N.C6H5Br.3Ir/c1-20-12-11-18-24(27-2)26(20)23-17-9-10-19-25(23)28(21-13-5-3-6-14-21)22-15-7-4-8-16-22;1-15(2)12-16-10-11-19(23-14-16)17-8-7-9-18(13-17)22-24-20(3,4)21(5,6)25-22;1-16(2)13-17-11-12-21(22-15-17)20-10-6-9-19(14-20)18-7-4-3-5-8-18;2*1-12(2)10-13-8-9-15(16-11-13)14-6-4-3-5-7-14;1-10-5-3-7-12(9-10)13-8-4-6-11(2)14-13;7-6-4-2-1-3-5-6;;;/h9-12,17-19,21-22H,3-8,13-16H2,1-2H3;7,9-11,13-15H,12H2,1-6H3;3-9,11-12,14-16H,13H2,1-2H3;2*3-6,8-9,11-12H,10H2,1-2H3;3-6,8-9H,1-2H3;1-5H;;;/q;5*-1;;;;. The number of ether oxygens (including phenoxy) is 1. The Hall–Kier alpha value is -8.63. The van der Waals surface area contributed by atoms with Gasteiger partial charge in [-0.25, -0.2) is 0 Å². The third-order valence-electron chi connectivity index (χ3n) is 23.4. The predicted octanol–water partition coefficient (Wildman–Crippen LogP) is 30.0. The van der Waals surface area contributed by atoms with E-state index in [1.54, 1.807) is 5.30 Å². The van der Waals surface area contributed by atoms with Crippen LogP contribution in [-0.2, 0) is 95.3 Å². The van der Waals surface area contributed by atoms with Crippen molar-refractivity contribution in [3.05, 3.63) is 372 Å². The fourth-order valence-electron chi connectivity index (χ4n) is 16.3. The Morgan fingerprint density at radius 3 is 1.23 bits per heavy atom. The molecule has 14 heteroatoms. The number of nitrogens with zero attached hydrogens (tertiary/aromatic N) is 5. The maximum Gasteiger partial charge on any atom is 0.475 e. The van der Waals surface area contributed by atoms with E-state index in [-0.39, 0.29) is 86.6 Å². The molecule has 3 radical (unpaired) electrons. The van der Waals surface area contributed by atoms with Gasteiger partial charge in [0, 0.05) is 101 Å². The first-order valence-electron chi connectivity index (χ1n) is 46.2. The molecule has 0 bridgehead atoms. The SMILES string of the molecule is Brc1ccccc1.CC(C)Cc1ccc(-c2[c-]ccc(-c3ccccc3)c2)nc1.CC(C)Cc1ccc(-c2[c-]ccc(B3OC(C)(C)C(C)(C)O3)c2)nc1.CC(C)Cc1ccc(-c2[c-]cccc2)nc1.CC(C)Cc1ccc(-c2[c-]cccc2)nc1.COc1cccc(C)c1-c1ccccc1P(C1CCCCC1)C1CCCCC1.Cc1cc[c-]c(-c2cccc(C)n2)c1.[Ir].[Ir].[Ir]. The summed E-state index contributed by atoms with van der Waals surface area (Å²) in [5, 5.41) is 1.66. The van der Waals surface area contributed by atoms with Crippen LogP contribution in [0.4, 0.5) is 0 Å². The summed E-state index contributed by atoms with van der Waals surface area (Å²) in [6.07, 6.45) is 26.6. The first kappa shape index (κ1) is 108. The van der Waals surface area contributed by atoms with Crippen molar-refractivity contribution in [3.63, 3.8) is 0 Å². The summed E-state index contributed by atoms with van der Waals surface area (Å²) < 4.78 is 19.2. The van der Waals surface area contributed by atoms with Gasteiger partial charge >= 0.3 is 7.12 Å². The summed E-state index contributed by atoms with van der Waals surface area (Å²) in [6, 6.07) is 109.